The van der Waals surface area contributed by atoms with Gasteiger partial charge in [0.25, 0.3) is 11.1 Å². The van der Waals surface area contributed by atoms with Gasteiger partial charge >= 0.3 is 5.97 Å². The number of halogens is 2. The van der Waals surface area contributed by atoms with Crippen LogP contribution in [-0.4, -0.2) is 29.1 Å². The lowest BCUT2D eigenvalue weighted by molar-refractivity contribution is -0.123. The van der Waals surface area contributed by atoms with Crippen LogP contribution < -0.4 is 9.47 Å². The number of benzene rings is 3. The van der Waals surface area contributed by atoms with Crippen LogP contribution in [0.4, 0.5) is 9.18 Å². The van der Waals surface area contributed by atoms with Crippen molar-refractivity contribution in [3.63, 3.8) is 0 Å². The first-order valence-electron chi connectivity index (χ1n) is 10.4. The minimum atomic E-state index is -0.558. The normalized spacial score (nSPS) is 14.5. The van der Waals surface area contributed by atoms with Crippen molar-refractivity contribution in [2.24, 2.45) is 0 Å². The number of nitrogens with zero attached hydrogens (tertiary/aromatic N) is 1. The van der Waals surface area contributed by atoms with Crippen LogP contribution >= 0.6 is 23.4 Å². The first-order valence-corrected chi connectivity index (χ1v) is 11.6. The Balaban J connectivity index is 1.56. The number of ether oxygens (including phenoxy) is 2. The average molecular weight is 512 g/mol. The van der Waals surface area contributed by atoms with Crippen molar-refractivity contribution in [2.45, 2.75) is 13.5 Å². The summed E-state index contributed by atoms with van der Waals surface area (Å²) in [4.78, 5) is 39.2. The summed E-state index contributed by atoms with van der Waals surface area (Å²) in [7, 11) is 1.45. The molecule has 3 aromatic carbocycles. The molecule has 4 rings (SSSR count). The molecule has 1 aliphatic heterocycles. The van der Waals surface area contributed by atoms with Crippen LogP contribution in [0.5, 0.6) is 11.5 Å². The molecule has 9 heteroatoms. The summed E-state index contributed by atoms with van der Waals surface area (Å²) >= 11 is 6.82. The number of hydrogen-bond acceptors (Lipinski definition) is 6. The van der Waals surface area contributed by atoms with Gasteiger partial charge in [0, 0.05) is 5.02 Å². The van der Waals surface area contributed by atoms with Gasteiger partial charge in [-0.05, 0) is 72.3 Å². The predicted octanol–water partition coefficient (Wildman–Crippen LogP) is 6.25. The maximum atomic E-state index is 13.3. The van der Waals surface area contributed by atoms with E-state index in [1.54, 1.807) is 42.5 Å². The zero-order chi connectivity index (χ0) is 25.1. The fourth-order valence-corrected chi connectivity index (χ4v) is 4.38. The fraction of sp³-hybridized carbons (Fsp3) is 0.115. The Morgan fingerprint density at radius 3 is 2.49 bits per heavy atom. The maximum Gasteiger partial charge on any atom is 0.343 e. The molecule has 178 valence electrons. The van der Waals surface area contributed by atoms with Crippen LogP contribution in [0.3, 0.4) is 0 Å². The Bertz CT molecular complexity index is 1360. The minimum Gasteiger partial charge on any atom is -0.493 e. The third-order valence-electron chi connectivity index (χ3n) is 5.19. The summed E-state index contributed by atoms with van der Waals surface area (Å²) in [6, 6.07) is 15.5. The van der Waals surface area contributed by atoms with Crippen LogP contribution in [0.25, 0.3) is 6.08 Å². The van der Waals surface area contributed by atoms with E-state index in [9.17, 15) is 18.8 Å². The second-order valence-corrected chi connectivity index (χ2v) is 9.07. The van der Waals surface area contributed by atoms with Crippen molar-refractivity contribution in [3.05, 3.63) is 98.7 Å². The van der Waals surface area contributed by atoms with Gasteiger partial charge in [-0.2, -0.15) is 0 Å². The van der Waals surface area contributed by atoms with Crippen LogP contribution in [0.2, 0.25) is 5.02 Å². The van der Waals surface area contributed by atoms with E-state index >= 15 is 0 Å². The van der Waals surface area contributed by atoms with E-state index in [0.29, 0.717) is 22.4 Å². The van der Waals surface area contributed by atoms with E-state index in [1.165, 1.54) is 25.3 Å². The second kappa shape index (κ2) is 10.3. The van der Waals surface area contributed by atoms with Crippen LogP contribution in [-0.2, 0) is 11.3 Å². The van der Waals surface area contributed by atoms with Crippen molar-refractivity contribution in [2.75, 3.05) is 7.11 Å². The second-order valence-electron chi connectivity index (χ2n) is 7.67. The number of carbonyl (C=O) groups is 3. The number of rotatable bonds is 6. The summed E-state index contributed by atoms with van der Waals surface area (Å²) in [5.74, 6) is -1.07. The molecule has 0 aromatic heterocycles. The lowest BCUT2D eigenvalue weighted by Crippen LogP contribution is -2.27. The van der Waals surface area contributed by atoms with E-state index in [-0.39, 0.29) is 22.2 Å². The molecule has 35 heavy (non-hydrogen) atoms. The molecule has 1 heterocycles. The van der Waals surface area contributed by atoms with Gasteiger partial charge in [0.05, 0.1) is 24.1 Å². The van der Waals surface area contributed by atoms with Gasteiger partial charge in [0.1, 0.15) is 5.82 Å². The molecule has 1 aliphatic rings. The average Bonchev–Trinajstić information content (AvgIpc) is 3.08. The molecule has 1 fully saturated rings. The van der Waals surface area contributed by atoms with Crippen LogP contribution in [0.1, 0.15) is 27.0 Å². The van der Waals surface area contributed by atoms with Crippen molar-refractivity contribution in [3.8, 4) is 11.5 Å². The number of hydrogen-bond donors (Lipinski definition) is 0. The zero-order valence-corrected chi connectivity index (χ0v) is 20.3. The van der Waals surface area contributed by atoms with Gasteiger partial charge in [0.15, 0.2) is 11.5 Å². The quantitative estimate of drug-likeness (QED) is 0.221. The summed E-state index contributed by atoms with van der Waals surface area (Å²) in [6.07, 6.45) is 1.53. The molecular weight excluding hydrogens is 493 g/mol. The number of aryl methyl sites for hydroxylation is 1. The molecule has 1 saturated heterocycles. The van der Waals surface area contributed by atoms with Crippen molar-refractivity contribution < 1.29 is 28.2 Å². The van der Waals surface area contributed by atoms with Gasteiger partial charge in [-0.1, -0.05) is 41.4 Å². The minimum absolute atomic E-state index is 0.0802. The molecule has 2 amide bonds. The number of carbonyl (C=O) groups excluding carboxylic acids is 3. The maximum absolute atomic E-state index is 13.3. The van der Waals surface area contributed by atoms with E-state index in [0.717, 1.165) is 28.3 Å². The third kappa shape index (κ3) is 5.55. The Kier molecular flexibility index (Phi) is 7.23. The number of methoxy groups -OCH3 is 1. The molecule has 0 bridgehead atoms. The number of thioether (sulfide) groups is 1. The highest BCUT2D eigenvalue weighted by Crippen LogP contribution is 2.36. The predicted molar refractivity (Wildman–Crippen MR) is 132 cm³/mol. The Labute approximate surface area is 210 Å². The smallest absolute Gasteiger partial charge is 0.343 e. The molecule has 0 N–H and O–H groups in total. The molecule has 0 spiro atoms. The first-order chi connectivity index (χ1) is 16.7. The van der Waals surface area contributed by atoms with Crippen molar-refractivity contribution >= 4 is 46.6 Å². The molecule has 6 nitrogen and oxygen atoms in total. The van der Waals surface area contributed by atoms with Crippen LogP contribution in [0.15, 0.2) is 65.6 Å². The number of amides is 2. The molecule has 0 atom stereocenters. The standard InChI is InChI=1S/C26H19ClFNO5S/c1-15-3-6-17(7-4-15)25(31)34-22-11-16(5-10-21(22)33-2)12-23-24(30)29(26(32)35-23)14-18-8-9-19(28)13-20(18)27/h3-13H,14H2,1-2H3/b23-12-. The topological polar surface area (TPSA) is 72.9 Å². The lowest BCUT2D eigenvalue weighted by Gasteiger charge is -2.13. The molecule has 0 unspecified atom stereocenters. The van der Waals surface area contributed by atoms with Crippen molar-refractivity contribution in [1.29, 1.82) is 0 Å². The SMILES string of the molecule is COc1ccc(/C=C2\SC(=O)N(Cc3ccc(F)cc3Cl)C2=O)cc1OC(=O)c1ccc(C)cc1. The van der Waals surface area contributed by atoms with E-state index in [4.69, 9.17) is 21.1 Å². The third-order valence-corrected chi connectivity index (χ3v) is 6.45. The Hall–Kier alpha value is -3.62. The van der Waals surface area contributed by atoms with E-state index in [2.05, 4.69) is 0 Å². The highest BCUT2D eigenvalue weighted by Gasteiger charge is 2.35. The molecule has 0 aliphatic carbocycles. The monoisotopic (exact) mass is 511 g/mol. The zero-order valence-electron chi connectivity index (χ0n) is 18.7. The number of imide groups is 1. The lowest BCUT2D eigenvalue weighted by atomic mass is 10.1. The van der Waals surface area contributed by atoms with Crippen LogP contribution in [0, 0.1) is 12.7 Å². The van der Waals surface area contributed by atoms with Gasteiger partial charge < -0.3 is 9.47 Å². The highest BCUT2D eigenvalue weighted by atomic mass is 35.5. The van der Waals surface area contributed by atoms with E-state index in [1.807, 2.05) is 6.92 Å². The van der Waals surface area contributed by atoms with Gasteiger partial charge in [-0.25, -0.2) is 9.18 Å². The summed E-state index contributed by atoms with van der Waals surface area (Å²) in [5, 5.41) is -0.343. The van der Waals surface area contributed by atoms with Gasteiger partial charge in [-0.3, -0.25) is 14.5 Å². The first kappa shape index (κ1) is 24.5. The molecule has 0 radical (unpaired) electrons. The highest BCUT2D eigenvalue weighted by molar-refractivity contribution is 8.18. The van der Waals surface area contributed by atoms with Crippen molar-refractivity contribution in [1.82, 2.24) is 4.90 Å². The fourth-order valence-electron chi connectivity index (χ4n) is 3.32. The largest absolute Gasteiger partial charge is 0.493 e. The number of esters is 1. The summed E-state index contributed by atoms with van der Waals surface area (Å²) in [6.45, 7) is 1.83. The Morgan fingerprint density at radius 2 is 1.80 bits per heavy atom. The van der Waals surface area contributed by atoms with E-state index < -0.39 is 22.9 Å². The molecular formula is C26H19ClFNO5S. The van der Waals surface area contributed by atoms with Gasteiger partial charge in [-0.15, -0.1) is 0 Å². The molecule has 3 aromatic rings. The summed E-state index contributed by atoms with van der Waals surface area (Å²) in [5.41, 5.74) is 2.37. The molecule has 0 saturated carbocycles. The van der Waals surface area contributed by atoms with Gasteiger partial charge in [0.2, 0.25) is 0 Å². The summed E-state index contributed by atoms with van der Waals surface area (Å²) < 4.78 is 24.1. The Morgan fingerprint density at radius 1 is 1.06 bits per heavy atom.